The van der Waals surface area contributed by atoms with E-state index in [1.54, 1.807) is 0 Å². The van der Waals surface area contributed by atoms with Crippen molar-refractivity contribution in [3.63, 3.8) is 0 Å². The van der Waals surface area contributed by atoms with Crippen molar-refractivity contribution < 1.29 is 17.9 Å². The minimum atomic E-state index is -4.43. The van der Waals surface area contributed by atoms with Crippen molar-refractivity contribution in [3.8, 4) is 5.88 Å². The summed E-state index contributed by atoms with van der Waals surface area (Å²) < 4.78 is 42.1. The van der Waals surface area contributed by atoms with Crippen LogP contribution in [0.25, 0.3) is 0 Å². The third-order valence-corrected chi connectivity index (χ3v) is 2.78. The normalized spacial score (nSPS) is 14.2. The van der Waals surface area contributed by atoms with E-state index >= 15 is 0 Å². The number of hydrogen-bond acceptors (Lipinski definition) is 3. The Morgan fingerprint density at radius 1 is 1.30 bits per heavy atom. The van der Waals surface area contributed by atoms with Crippen molar-refractivity contribution in [3.05, 3.63) is 22.8 Å². The van der Waals surface area contributed by atoms with Gasteiger partial charge < -0.3 is 10.1 Å². The number of ether oxygens (including phenoxy) is 1. The highest BCUT2D eigenvalue weighted by atomic mass is 35.5. The molecule has 114 valence electrons. The maximum Gasteiger partial charge on any atom is 0.425 e. The van der Waals surface area contributed by atoms with Gasteiger partial charge in [-0.25, -0.2) is 4.98 Å². The number of halogens is 4. The zero-order chi connectivity index (χ0) is 15.6. The third kappa shape index (κ3) is 5.54. The van der Waals surface area contributed by atoms with Crippen LogP contribution in [0.15, 0.2) is 12.1 Å². The zero-order valence-corrected chi connectivity index (χ0v) is 12.6. The second-order valence-corrected chi connectivity index (χ2v) is 5.89. The summed E-state index contributed by atoms with van der Waals surface area (Å²) in [6.07, 6.45) is -6.34. The number of rotatable bonds is 4. The van der Waals surface area contributed by atoms with Gasteiger partial charge in [0.15, 0.2) is 6.10 Å². The van der Waals surface area contributed by atoms with E-state index in [2.05, 4.69) is 10.3 Å². The largest absolute Gasteiger partial charge is 0.465 e. The summed E-state index contributed by atoms with van der Waals surface area (Å²) in [6, 6.07) is 2.80. The van der Waals surface area contributed by atoms with Gasteiger partial charge in [-0.2, -0.15) is 13.2 Å². The highest BCUT2D eigenvalue weighted by Gasteiger charge is 2.38. The van der Waals surface area contributed by atoms with Crippen molar-refractivity contribution in [2.75, 3.05) is 0 Å². The number of nitrogens with one attached hydrogen (secondary N) is 1. The predicted molar refractivity (Wildman–Crippen MR) is 72.0 cm³/mol. The number of aromatic nitrogens is 1. The lowest BCUT2D eigenvalue weighted by Crippen LogP contribution is -2.35. The molecule has 0 saturated carbocycles. The average Bonchev–Trinajstić information content (AvgIpc) is 2.27. The van der Waals surface area contributed by atoms with Crippen LogP contribution in [0.3, 0.4) is 0 Å². The monoisotopic (exact) mass is 310 g/mol. The molecule has 20 heavy (non-hydrogen) atoms. The van der Waals surface area contributed by atoms with Crippen LogP contribution in [-0.4, -0.2) is 22.8 Å². The average molecular weight is 311 g/mol. The molecule has 0 radical (unpaired) electrons. The molecule has 3 nitrogen and oxygen atoms in total. The first-order valence-electron chi connectivity index (χ1n) is 6.13. The predicted octanol–water partition coefficient (Wildman–Crippen LogP) is 3.95. The van der Waals surface area contributed by atoms with E-state index in [1.807, 2.05) is 20.8 Å². The molecule has 1 rings (SSSR count). The molecular formula is C13H18ClF3N2O. The Morgan fingerprint density at radius 2 is 1.90 bits per heavy atom. The fraction of sp³-hybridized carbons (Fsp3) is 0.615. The smallest absolute Gasteiger partial charge is 0.425 e. The third-order valence-electron chi connectivity index (χ3n) is 2.44. The van der Waals surface area contributed by atoms with Crippen molar-refractivity contribution in [1.29, 1.82) is 0 Å². The van der Waals surface area contributed by atoms with Gasteiger partial charge in [-0.05, 0) is 33.8 Å². The second kappa shape index (κ2) is 6.18. The highest BCUT2D eigenvalue weighted by Crippen LogP contribution is 2.25. The number of nitrogens with zero attached hydrogens (tertiary/aromatic N) is 1. The van der Waals surface area contributed by atoms with E-state index in [0.29, 0.717) is 17.3 Å². The summed E-state index contributed by atoms with van der Waals surface area (Å²) in [5.41, 5.74) is 0.301. The molecule has 0 saturated heterocycles. The number of hydrogen-bond donors (Lipinski definition) is 1. The molecule has 0 bridgehead atoms. The highest BCUT2D eigenvalue weighted by molar-refractivity contribution is 6.31. The van der Waals surface area contributed by atoms with E-state index in [4.69, 9.17) is 16.3 Å². The molecule has 0 spiro atoms. The van der Waals surface area contributed by atoms with Crippen LogP contribution in [0.2, 0.25) is 5.02 Å². The van der Waals surface area contributed by atoms with Crippen LogP contribution in [-0.2, 0) is 6.54 Å². The molecule has 0 aliphatic heterocycles. The summed E-state index contributed by atoms with van der Waals surface area (Å²) in [5, 5.41) is 3.55. The number of alkyl halides is 3. The van der Waals surface area contributed by atoms with Crippen molar-refractivity contribution in [2.45, 2.75) is 52.1 Å². The van der Waals surface area contributed by atoms with Gasteiger partial charge in [-0.1, -0.05) is 11.6 Å². The second-order valence-electron chi connectivity index (χ2n) is 5.48. The van der Waals surface area contributed by atoms with Crippen LogP contribution in [0, 0.1) is 0 Å². The Morgan fingerprint density at radius 3 is 2.40 bits per heavy atom. The lowest BCUT2D eigenvalue weighted by Gasteiger charge is -2.21. The van der Waals surface area contributed by atoms with E-state index in [1.165, 1.54) is 12.1 Å². The van der Waals surface area contributed by atoms with E-state index in [0.717, 1.165) is 6.92 Å². The van der Waals surface area contributed by atoms with Crippen LogP contribution < -0.4 is 10.1 Å². The maximum absolute atomic E-state index is 12.4. The van der Waals surface area contributed by atoms with Crippen molar-refractivity contribution in [1.82, 2.24) is 10.3 Å². The van der Waals surface area contributed by atoms with Gasteiger partial charge in [0.2, 0.25) is 5.88 Å². The molecule has 0 aliphatic rings. The minimum absolute atomic E-state index is 0.0927. The molecule has 1 unspecified atom stereocenters. The quantitative estimate of drug-likeness (QED) is 0.914. The van der Waals surface area contributed by atoms with E-state index in [-0.39, 0.29) is 11.4 Å². The zero-order valence-electron chi connectivity index (χ0n) is 11.8. The molecule has 1 N–H and O–H groups in total. The fourth-order valence-corrected chi connectivity index (χ4v) is 1.42. The van der Waals surface area contributed by atoms with Gasteiger partial charge in [0.05, 0.1) is 10.7 Å². The first-order chi connectivity index (χ1) is 8.99. The maximum atomic E-state index is 12.4. The molecule has 1 atom stereocenters. The SMILES string of the molecule is CC(Oc1ccc(Cl)c(CNC(C)(C)C)n1)C(F)(F)F. The van der Waals surface area contributed by atoms with Crippen LogP contribution in [0.4, 0.5) is 13.2 Å². The summed E-state index contributed by atoms with van der Waals surface area (Å²) in [7, 11) is 0. The van der Waals surface area contributed by atoms with Gasteiger partial charge >= 0.3 is 6.18 Å². The Kier molecular flexibility index (Phi) is 5.27. The lowest BCUT2D eigenvalue weighted by molar-refractivity contribution is -0.190. The molecule has 0 fully saturated rings. The van der Waals surface area contributed by atoms with Crippen LogP contribution >= 0.6 is 11.6 Å². The molecular weight excluding hydrogens is 293 g/mol. The Bertz CT molecular complexity index is 458. The molecule has 0 aromatic carbocycles. The van der Waals surface area contributed by atoms with Crippen LogP contribution in [0.1, 0.15) is 33.4 Å². The molecule has 0 amide bonds. The summed E-state index contributed by atoms with van der Waals surface area (Å²) in [6.45, 7) is 7.18. The van der Waals surface area contributed by atoms with Gasteiger partial charge in [0.25, 0.3) is 0 Å². The molecule has 7 heteroatoms. The minimum Gasteiger partial charge on any atom is -0.465 e. The fourth-order valence-electron chi connectivity index (χ4n) is 1.25. The molecule has 1 aromatic rings. The first-order valence-corrected chi connectivity index (χ1v) is 6.50. The van der Waals surface area contributed by atoms with Gasteiger partial charge in [-0.3, -0.25) is 0 Å². The van der Waals surface area contributed by atoms with E-state index in [9.17, 15) is 13.2 Å². The van der Waals surface area contributed by atoms with Gasteiger partial charge in [-0.15, -0.1) is 0 Å². The Hall–Kier alpha value is -1.01. The van der Waals surface area contributed by atoms with Crippen molar-refractivity contribution in [2.24, 2.45) is 0 Å². The first kappa shape index (κ1) is 17.0. The van der Waals surface area contributed by atoms with Gasteiger partial charge in [0, 0.05) is 18.2 Å². The number of pyridine rings is 1. The molecule has 1 heterocycles. The van der Waals surface area contributed by atoms with Gasteiger partial charge in [0.1, 0.15) is 0 Å². The standard InChI is InChI=1S/C13H18ClF3N2O/c1-8(13(15,16)17)20-11-6-5-9(14)10(19-11)7-18-12(2,3)4/h5-6,8,18H,7H2,1-4H3. The molecule has 1 aromatic heterocycles. The molecule has 0 aliphatic carbocycles. The Labute approximate surface area is 121 Å². The lowest BCUT2D eigenvalue weighted by atomic mass is 10.1. The van der Waals surface area contributed by atoms with Crippen LogP contribution in [0.5, 0.6) is 5.88 Å². The summed E-state index contributed by atoms with van der Waals surface area (Å²) >= 11 is 5.97. The Balaban J connectivity index is 2.81. The summed E-state index contributed by atoms with van der Waals surface area (Å²) in [5.74, 6) is -0.0927. The van der Waals surface area contributed by atoms with E-state index < -0.39 is 12.3 Å². The summed E-state index contributed by atoms with van der Waals surface area (Å²) in [4.78, 5) is 4.01. The van der Waals surface area contributed by atoms with Crippen molar-refractivity contribution >= 4 is 11.6 Å². The topological polar surface area (TPSA) is 34.1 Å².